The van der Waals surface area contributed by atoms with Crippen LogP contribution in [0.15, 0.2) is 24.2 Å². The Morgan fingerprint density at radius 1 is 1.25 bits per heavy atom. The summed E-state index contributed by atoms with van der Waals surface area (Å²) in [4.78, 5) is 0. The summed E-state index contributed by atoms with van der Waals surface area (Å²) in [7, 11) is 0. The third-order valence-corrected chi connectivity index (χ3v) is 1.08. The van der Waals surface area contributed by atoms with Crippen LogP contribution in [0.4, 0.5) is 0 Å². The van der Waals surface area contributed by atoms with Crippen LogP contribution in [0.3, 0.4) is 0 Å². The minimum absolute atomic E-state index is 0.604. The lowest BCUT2D eigenvalue weighted by molar-refractivity contribution is 1.39. The second-order valence-corrected chi connectivity index (χ2v) is 2.09. The van der Waals surface area contributed by atoms with Crippen LogP contribution in [0.2, 0.25) is 0 Å². The molecular formula is C8H10. The first-order valence-corrected chi connectivity index (χ1v) is 2.73. The van der Waals surface area contributed by atoms with E-state index in [0.29, 0.717) is 6.04 Å². The molecule has 0 radical (unpaired) electrons. The van der Waals surface area contributed by atoms with Crippen LogP contribution in [0.1, 0.15) is 12.5 Å². The smallest absolute Gasteiger partial charge is 0.0617 e. The molecule has 0 N–H and O–H groups in total. The molecule has 0 aromatic heterocycles. The van der Waals surface area contributed by atoms with Crippen molar-refractivity contribution in [3.05, 3.63) is 35.4 Å². The minimum Gasteiger partial charge on any atom is -0.0617 e. The van der Waals surface area contributed by atoms with Crippen LogP contribution in [0.25, 0.3) is 0 Å². The van der Waals surface area contributed by atoms with Gasteiger partial charge in [-0.3, -0.25) is 0 Å². The molecule has 0 unspecified atom stereocenters. The topological polar surface area (TPSA) is 0 Å². The highest BCUT2D eigenvalue weighted by atomic mass is 13.9. The highest BCUT2D eigenvalue weighted by Crippen LogP contribution is 2.00. The number of benzene rings is 1. The van der Waals surface area contributed by atoms with Gasteiger partial charge in [-0.15, -0.1) is 0 Å². The fraction of sp³-hybridized carbons (Fsp3) is 0.250. The van der Waals surface area contributed by atoms with Crippen molar-refractivity contribution >= 4 is 0 Å². The minimum atomic E-state index is 0.604. The fourth-order valence-corrected chi connectivity index (χ4v) is 0.747. The average Bonchev–Trinajstić information content (AvgIpc) is 1.59. The first kappa shape index (κ1) is 4.13. The Hall–Kier alpha value is -0.780. The summed E-state index contributed by atoms with van der Waals surface area (Å²) in [6.45, 7) is 4.01. The number of hydrogen-bond donors (Lipinski definition) is 0. The summed E-state index contributed by atoms with van der Waals surface area (Å²) in [5.74, 6) is 0. The molecule has 0 amide bonds. The lowest BCUT2D eigenvalue weighted by atomic mass is 10.2. The van der Waals surface area contributed by atoms with Crippen molar-refractivity contribution in [2.24, 2.45) is 0 Å². The molecule has 0 spiro atoms. The Labute approximate surface area is 51.6 Å². The van der Waals surface area contributed by atoms with Gasteiger partial charge in [0, 0.05) is 0 Å². The summed E-state index contributed by atoms with van der Waals surface area (Å²) >= 11 is 0. The molecule has 42 valence electrons. The molecule has 0 heterocycles. The zero-order valence-electron chi connectivity index (χ0n) is 6.23. The van der Waals surface area contributed by atoms with Gasteiger partial charge >= 0.3 is 0 Å². The molecule has 0 saturated heterocycles. The zero-order valence-corrected chi connectivity index (χ0v) is 5.23. The maximum absolute atomic E-state index is 7.28. The van der Waals surface area contributed by atoms with Gasteiger partial charge in [-0.05, 0) is 13.8 Å². The van der Waals surface area contributed by atoms with E-state index in [1.54, 1.807) is 0 Å². The third-order valence-electron chi connectivity index (χ3n) is 1.08. The average molecular weight is 107 g/mol. The Bertz CT molecular complexity index is 165. The van der Waals surface area contributed by atoms with E-state index in [4.69, 9.17) is 1.37 Å². The fourth-order valence-electron chi connectivity index (χ4n) is 0.747. The van der Waals surface area contributed by atoms with Gasteiger partial charge in [-0.1, -0.05) is 35.4 Å². The van der Waals surface area contributed by atoms with E-state index >= 15 is 0 Å². The van der Waals surface area contributed by atoms with Crippen LogP contribution in [-0.4, -0.2) is 0 Å². The normalized spacial score (nSPS) is 11.0. The van der Waals surface area contributed by atoms with Crippen molar-refractivity contribution in [1.82, 2.24) is 0 Å². The van der Waals surface area contributed by atoms with Crippen molar-refractivity contribution in [3.63, 3.8) is 0 Å². The molecule has 8 heavy (non-hydrogen) atoms. The summed E-state index contributed by atoms with van der Waals surface area (Å²) in [6.07, 6.45) is 0. The van der Waals surface area contributed by atoms with Gasteiger partial charge in [0.05, 0.1) is 1.37 Å². The Balaban J connectivity index is 3.17. The highest BCUT2D eigenvalue weighted by Gasteiger charge is 1.80. The zero-order chi connectivity index (χ0) is 6.85. The van der Waals surface area contributed by atoms with Crippen molar-refractivity contribution < 1.29 is 1.37 Å². The van der Waals surface area contributed by atoms with E-state index < -0.39 is 0 Å². The quantitative estimate of drug-likeness (QED) is 0.477. The van der Waals surface area contributed by atoms with Crippen molar-refractivity contribution in [3.8, 4) is 0 Å². The van der Waals surface area contributed by atoms with Crippen LogP contribution in [0, 0.1) is 13.8 Å². The second kappa shape index (κ2) is 1.99. The molecule has 0 atom stereocenters. The predicted molar refractivity (Wildman–Crippen MR) is 35.9 cm³/mol. The monoisotopic (exact) mass is 107 g/mol. The molecule has 1 aromatic carbocycles. The van der Waals surface area contributed by atoms with Gasteiger partial charge in [0.15, 0.2) is 0 Å². The van der Waals surface area contributed by atoms with Crippen LogP contribution in [0.5, 0.6) is 0 Å². The van der Waals surface area contributed by atoms with Crippen molar-refractivity contribution in [2.45, 2.75) is 13.8 Å². The SMILES string of the molecule is [2H]c1cc(C)cc(C)c1. The largest absolute Gasteiger partial charge is 0.0623 e. The van der Waals surface area contributed by atoms with E-state index in [-0.39, 0.29) is 0 Å². The maximum atomic E-state index is 7.28. The van der Waals surface area contributed by atoms with E-state index in [9.17, 15) is 0 Å². The predicted octanol–water partition coefficient (Wildman–Crippen LogP) is 2.30. The van der Waals surface area contributed by atoms with Crippen LogP contribution >= 0.6 is 0 Å². The summed E-state index contributed by atoms with van der Waals surface area (Å²) < 4.78 is 7.28. The lowest BCUT2D eigenvalue weighted by Gasteiger charge is -1.90. The van der Waals surface area contributed by atoms with Gasteiger partial charge in [0.1, 0.15) is 0 Å². The molecule has 0 saturated carbocycles. The van der Waals surface area contributed by atoms with E-state index in [0.717, 1.165) is 0 Å². The van der Waals surface area contributed by atoms with Crippen molar-refractivity contribution in [2.75, 3.05) is 0 Å². The van der Waals surface area contributed by atoms with Gasteiger partial charge in [-0.25, -0.2) is 0 Å². The van der Waals surface area contributed by atoms with Gasteiger partial charge in [-0.2, -0.15) is 0 Å². The first-order chi connectivity index (χ1) is 4.18. The van der Waals surface area contributed by atoms with E-state index in [1.807, 2.05) is 26.0 Å². The molecule has 0 aliphatic rings. The highest BCUT2D eigenvalue weighted by molar-refractivity contribution is 5.20. The van der Waals surface area contributed by atoms with E-state index in [2.05, 4.69) is 6.07 Å². The van der Waals surface area contributed by atoms with Gasteiger partial charge in [0.25, 0.3) is 0 Å². The molecule has 0 heteroatoms. The number of rotatable bonds is 0. The van der Waals surface area contributed by atoms with Gasteiger partial charge in [0.2, 0.25) is 0 Å². The molecule has 0 fully saturated rings. The molecule has 0 aliphatic carbocycles. The molecule has 1 aromatic rings. The molecule has 0 bridgehead atoms. The van der Waals surface area contributed by atoms with Crippen LogP contribution in [-0.2, 0) is 0 Å². The summed E-state index contributed by atoms with van der Waals surface area (Å²) in [6, 6.07) is 6.38. The first-order valence-electron chi connectivity index (χ1n) is 3.23. The number of aryl methyl sites for hydroxylation is 2. The van der Waals surface area contributed by atoms with Crippen molar-refractivity contribution in [1.29, 1.82) is 0 Å². The molecule has 0 aliphatic heterocycles. The Kier molecular flexibility index (Phi) is 1.03. The number of hydrogen-bond acceptors (Lipinski definition) is 0. The Morgan fingerprint density at radius 3 is 2.12 bits per heavy atom. The molecule has 0 nitrogen and oxygen atoms in total. The molecule has 1 rings (SSSR count). The second-order valence-electron chi connectivity index (χ2n) is 2.09. The maximum Gasteiger partial charge on any atom is 0.0623 e. The third kappa shape index (κ3) is 1.09. The van der Waals surface area contributed by atoms with Crippen LogP contribution < -0.4 is 0 Å². The lowest BCUT2D eigenvalue weighted by Crippen LogP contribution is -1.71. The summed E-state index contributed by atoms with van der Waals surface area (Å²) in [5, 5.41) is 0. The molecular weight excluding hydrogens is 96.1 g/mol. The standard InChI is InChI=1S/C8H10/c1-7-4-3-5-8(2)6-7/h3-6H,1-2H3/i3D. The summed E-state index contributed by atoms with van der Waals surface area (Å²) in [5.41, 5.74) is 2.33. The van der Waals surface area contributed by atoms with E-state index in [1.165, 1.54) is 11.1 Å². The Morgan fingerprint density at radius 2 is 1.75 bits per heavy atom. The van der Waals surface area contributed by atoms with Gasteiger partial charge < -0.3 is 0 Å².